The Morgan fingerprint density at radius 2 is 1.90 bits per heavy atom. The number of nitrogens with zero attached hydrogens (tertiary/aromatic N) is 2. The third-order valence-electron chi connectivity index (χ3n) is 5.35. The molecule has 0 saturated carbocycles. The van der Waals surface area contributed by atoms with E-state index in [0.29, 0.717) is 13.1 Å². The van der Waals surface area contributed by atoms with Crippen LogP contribution in [0.5, 0.6) is 0 Å². The minimum Gasteiger partial charge on any atom is -0.353 e. The molecule has 0 aromatic carbocycles. The minimum atomic E-state index is -3.14. The van der Waals surface area contributed by atoms with Crippen LogP contribution in [-0.4, -0.2) is 67.5 Å². The van der Waals surface area contributed by atoms with Gasteiger partial charge in [0.15, 0.2) is 0 Å². The van der Waals surface area contributed by atoms with Crippen molar-refractivity contribution in [2.24, 2.45) is 5.41 Å². The Morgan fingerprint density at radius 3 is 2.48 bits per heavy atom. The molecule has 1 amide bonds. The first kappa shape index (κ1) is 15.2. The maximum atomic E-state index is 12.2. The van der Waals surface area contributed by atoms with E-state index in [1.165, 1.54) is 0 Å². The van der Waals surface area contributed by atoms with Crippen LogP contribution in [0.25, 0.3) is 0 Å². The van der Waals surface area contributed by atoms with Gasteiger partial charge in [0, 0.05) is 32.7 Å². The van der Waals surface area contributed by atoms with Crippen molar-refractivity contribution in [3.8, 4) is 0 Å². The van der Waals surface area contributed by atoms with Gasteiger partial charge in [0.1, 0.15) is 0 Å². The smallest absolute Gasteiger partial charge is 0.237 e. The summed E-state index contributed by atoms with van der Waals surface area (Å²) in [6.07, 6.45) is 2.63. The lowest BCUT2D eigenvalue weighted by atomic mass is 9.77. The van der Waals surface area contributed by atoms with E-state index in [1.807, 2.05) is 0 Å². The number of nitrogens with one attached hydrogen (secondary N) is 1. The lowest BCUT2D eigenvalue weighted by molar-refractivity contribution is -0.127. The first-order chi connectivity index (χ1) is 9.84. The maximum absolute atomic E-state index is 12.2. The standard InChI is InChI=1S/C14H25N3O3S/c1-11(2)21(19,20)17-6-3-14(4-7-17)9-12-13(18)15-5-8-16(12)10-14/h11-12H,3-10H2,1-2H3,(H,15,18). The summed E-state index contributed by atoms with van der Waals surface area (Å²) in [7, 11) is -3.14. The summed E-state index contributed by atoms with van der Waals surface area (Å²) >= 11 is 0. The fraction of sp³-hybridized carbons (Fsp3) is 0.929. The number of piperidine rings is 1. The Morgan fingerprint density at radius 1 is 1.24 bits per heavy atom. The highest BCUT2D eigenvalue weighted by atomic mass is 32.2. The number of hydrogen-bond acceptors (Lipinski definition) is 4. The van der Waals surface area contributed by atoms with Gasteiger partial charge in [0.2, 0.25) is 15.9 Å². The van der Waals surface area contributed by atoms with Crippen molar-refractivity contribution in [1.82, 2.24) is 14.5 Å². The number of hydrogen-bond donors (Lipinski definition) is 1. The summed E-state index contributed by atoms with van der Waals surface area (Å²) < 4.78 is 26.1. The highest BCUT2D eigenvalue weighted by Gasteiger charge is 2.49. The summed E-state index contributed by atoms with van der Waals surface area (Å²) in [5.41, 5.74) is 0.134. The number of fused-ring (bicyclic) bond motifs is 1. The van der Waals surface area contributed by atoms with Gasteiger partial charge in [-0.1, -0.05) is 0 Å². The van der Waals surface area contributed by atoms with Crippen molar-refractivity contribution in [1.29, 1.82) is 0 Å². The van der Waals surface area contributed by atoms with Crippen LogP contribution in [-0.2, 0) is 14.8 Å². The molecular weight excluding hydrogens is 290 g/mol. The molecule has 1 unspecified atom stereocenters. The molecule has 0 aliphatic carbocycles. The predicted octanol–water partition coefficient (Wildman–Crippen LogP) is 0.0109. The number of piperazine rings is 1. The lowest BCUT2D eigenvalue weighted by Crippen LogP contribution is -2.52. The van der Waals surface area contributed by atoms with Crippen LogP contribution in [0, 0.1) is 5.41 Å². The Bertz CT molecular complexity index is 524. The molecule has 1 spiro atoms. The van der Waals surface area contributed by atoms with Gasteiger partial charge in [-0.25, -0.2) is 12.7 Å². The molecule has 21 heavy (non-hydrogen) atoms. The van der Waals surface area contributed by atoms with Crippen molar-refractivity contribution >= 4 is 15.9 Å². The highest BCUT2D eigenvalue weighted by molar-refractivity contribution is 7.89. The lowest BCUT2D eigenvalue weighted by Gasteiger charge is -2.39. The average molecular weight is 315 g/mol. The normalized spacial score (nSPS) is 30.6. The second-order valence-corrected chi connectivity index (χ2v) is 9.46. The van der Waals surface area contributed by atoms with Crippen LogP contribution in [0.15, 0.2) is 0 Å². The Hall–Kier alpha value is -0.660. The molecular formula is C14H25N3O3S. The molecule has 120 valence electrons. The molecule has 0 aromatic heterocycles. The van der Waals surface area contributed by atoms with Crippen LogP contribution in [0.3, 0.4) is 0 Å². The molecule has 3 aliphatic rings. The zero-order valence-corrected chi connectivity index (χ0v) is 13.7. The van der Waals surface area contributed by atoms with E-state index in [2.05, 4.69) is 10.2 Å². The molecule has 3 fully saturated rings. The van der Waals surface area contributed by atoms with Crippen LogP contribution in [0.4, 0.5) is 0 Å². The molecule has 3 saturated heterocycles. The summed E-state index contributed by atoms with van der Waals surface area (Å²) in [6.45, 7) is 7.28. The topological polar surface area (TPSA) is 69.7 Å². The van der Waals surface area contributed by atoms with E-state index in [4.69, 9.17) is 0 Å². The van der Waals surface area contributed by atoms with Gasteiger partial charge in [-0.2, -0.15) is 0 Å². The molecule has 7 heteroatoms. The van der Waals surface area contributed by atoms with Crippen LogP contribution >= 0.6 is 0 Å². The van der Waals surface area contributed by atoms with E-state index >= 15 is 0 Å². The summed E-state index contributed by atoms with van der Waals surface area (Å²) in [4.78, 5) is 14.2. The van der Waals surface area contributed by atoms with Crippen molar-refractivity contribution in [3.05, 3.63) is 0 Å². The Labute approximate surface area is 126 Å². The van der Waals surface area contributed by atoms with Gasteiger partial charge in [0.25, 0.3) is 0 Å². The molecule has 0 bridgehead atoms. The van der Waals surface area contributed by atoms with E-state index in [9.17, 15) is 13.2 Å². The molecule has 0 radical (unpaired) electrons. The zero-order valence-electron chi connectivity index (χ0n) is 12.8. The van der Waals surface area contributed by atoms with Gasteiger partial charge >= 0.3 is 0 Å². The molecule has 6 nitrogen and oxygen atoms in total. The number of rotatable bonds is 2. The van der Waals surface area contributed by atoms with E-state index < -0.39 is 10.0 Å². The molecule has 0 aromatic rings. The number of carbonyl (C=O) groups is 1. The largest absolute Gasteiger partial charge is 0.353 e. The van der Waals surface area contributed by atoms with Crippen LogP contribution in [0.2, 0.25) is 0 Å². The first-order valence-electron chi connectivity index (χ1n) is 7.85. The fourth-order valence-corrected chi connectivity index (χ4v) is 5.24. The van der Waals surface area contributed by atoms with Gasteiger partial charge < -0.3 is 5.32 Å². The Balaban J connectivity index is 1.68. The molecule has 3 rings (SSSR count). The summed E-state index contributed by atoms with van der Waals surface area (Å²) in [5.74, 6) is 0.148. The van der Waals surface area contributed by atoms with E-state index in [1.54, 1.807) is 18.2 Å². The van der Waals surface area contributed by atoms with Crippen molar-refractivity contribution < 1.29 is 13.2 Å². The van der Waals surface area contributed by atoms with Gasteiger partial charge in [-0.15, -0.1) is 0 Å². The quantitative estimate of drug-likeness (QED) is 0.779. The zero-order chi connectivity index (χ0) is 15.3. The number of amides is 1. The fourth-order valence-electron chi connectivity index (χ4n) is 3.95. The third-order valence-corrected chi connectivity index (χ3v) is 7.62. The van der Waals surface area contributed by atoms with E-state index in [-0.39, 0.29) is 22.6 Å². The SMILES string of the molecule is CC(C)S(=O)(=O)N1CCC2(CC1)CC1C(=O)NCCN1C2. The van der Waals surface area contributed by atoms with Gasteiger partial charge in [-0.05, 0) is 38.5 Å². The first-order valence-corrected chi connectivity index (χ1v) is 9.35. The number of carbonyl (C=O) groups excluding carboxylic acids is 1. The summed E-state index contributed by atoms with van der Waals surface area (Å²) in [6, 6.07) is 0.00649. The van der Waals surface area contributed by atoms with Crippen LogP contribution < -0.4 is 5.32 Å². The van der Waals surface area contributed by atoms with Crippen molar-refractivity contribution in [3.63, 3.8) is 0 Å². The predicted molar refractivity (Wildman–Crippen MR) is 80.3 cm³/mol. The van der Waals surface area contributed by atoms with Gasteiger partial charge in [0.05, 0.1) is 11.3 Å². The van der Waals surface area contributed by atoms with Crippen molar-refractivity contribution in [2.75, 3.05) is 32.7 Å². The third kappa shape index (κ3) is 2.59. The van der Waals surface area contributed by atoms with E-state index in [0.717, 1.165) is 38.9 Å². The monoisotopic (exact) mass is 315 g/mol. The number of sulfonamides is 1. The maximum Gasteiger partial charge on any atom is 0.237 e. The molecule has 3 heterocycles. The molecule has 1 atom stereocenters. The summed E-state index contributed by atoms with van der Waals surface area (Å²) in [5, 5.41) is 2.58. The second-order valence-electron chi connectivity index (χ2n) is 6.97. The average Bonchev–Trinajstić information content (AvgIpc) is 2.78. The highest BCUT2D eigenvalue weighted by Crippen LogP contribution is 2.44. The van der Waals surface area contributed by atoms with Crippen molar-refractivity contribution in [2.45, 2.75) is 44.4 Å². The minimum absolute atomic E-state index is 0.00649. The second kappa shape index (κ2) is 5.21. The van der Waals surface area contributed by atoms with Gasteiger partial charge in [-0.3, -0.25) is 9.69 Å². The molecule has 1 N–H and O–H groups in total. The Kier molecular flexibility index (Phi) is 3.78. The molecule has 3 aliphatic heterocycles. The van der Waals surface area contributed by atoms with Crippen LogP contribution in [0.1, 0.15) is 33.1 Å².